The minimum absolute atomic E-state index is 0.281. The molecule has 1 aromatic carbocycles. The fourth-order valence-electron chi connectivity index (χ4n) is 1.62. The summed E-state index contributed by atoms with van der Waals surface area (Å²) in [6.07, 6.45) is 0.999. The molecule has 0 radical (unpaired) electrons. The Morgan fingerprint density at radius 3 is 2.61 bits per heavy atom. The quantitative estimate of drug-likeness (QED) is 0.566. The van der Waals surface area contributed by atoms with Crippen molar-refractivity contribution in [2.75, 3.05) is 26.9 Å². The van der Waals surface area contributed by atoms with E-state index in [1.807, 2.05) is 30.3 Å². The predicted octanol–water partition coefficient (Wildman–Crippen LogP) is 1.92. The molecule has 0 aliphatic carbocycles. The number of ether oxygens (including phenoxy) is 2. The predicted molar refractivity (Wildman–Crippen MR) is 70.3 cm³/mol. The van der Waals surface area contributed by atoms with E-state index in [4.69, 9.17) is 9.47 Å². The molecule has 0 heterocycles. The molecule has 1 aromatic rings. The van der Waals surface area contributed by atoms with E-state index in [-0.39, 0.29) is 5.97 Å². The first-order chi connectivity index (χ1) is 8.79. The van der Waals surface area contributed by atoms with Gasteiger partial charge in [0.05, 0.1) is 13.7 Å². The molecule has 1 rings (SSSR count). The highest BCUT2D eigenvalue weighted by Crippen LogP contribution is 2.13. The fraction of sp³-hybridized carbons (Fsp3) is 0.500. The maximum atomic E-state index is 11.7. The Kier molecular flexibility index (Phi) is 7.06. The van der Waals surface area contributed by atoms with E-state index in [0.717, 1.165) is 18.6 Å². The van der Waals surface area contributed by atoms with Crippen molar-refractivity contribution in [3.8, 4) is 0 Å². The summed E-state index contributed by atoms with van der Waals surface area (Å²) in [4.78, 5) is 11.7. The van der Waals surface area contributed by atoms with Crippen molar-refractivity contribution in [2.45, 2.75) is 19.4 Å². The highest BCUT2D eigenvalue weighted by molar-refractivity contribution is 5.77. The van der Waals surface area contributed by atoms with Crippen LogP contribution < -0.4 is 5.32 Å². The van der Waals surface area contributed by atoms with Gasteiger partial charge in [-0.15, -0.1) is 0 Å². The molecule has 0 spiro atoms. The number of esters is 1. The van der Waals surface area contributed by atoms with Crippen molar-refractivity contribution in [1.29, 1.82) is 0 Å². The van der Waals surface area contributed by atoms with E-state index in [0.29, 0.717) is 13.2 Å². The van der Waals surface area contributed by atoms with Crippen LogP contribution in [0, 0.1) is 0 Å². The molecule has 100 valence electrons. The van der Waals surface area contributed by atoms with Crippen molar-refractivity contribution in [3.05, 3.63) is 35.9 Å². The van der Waals surface area contributed by atoms with Crippen LogP contribution in [0.3, 0.4) is 0 Å². The van der Waals surface area contributed by atoms with Crippen molar-refractivity contribution < 1.29 is 14.3 Å². The van der Waals surface area contributed by atoms with Crippen LogP contribution in [-0.4, -0.2) is 32.8 Å². The molecule has 0 saturated heterocycles. The molecule has 0 aliphatic heterocycles. The minimum Gasteiger partial charge on any atom is -0.468 e. The SMILES string of the molecule is CCCOCCNC(C(=O)OC)c1ccccc1. The smallest absolute Gasteiger partial charge is 0.327 e. The Balaban J connectivity index is 2.50. The number of rotatable bonds is 8. The lowest BCUT2D eigenvalue weighted by Crippen LogP contribution is -2.32. The van der Waals surface area contributed by atoms with Crippen molar-refractivity contribution in [1.82, 2.24) is 5.32 Å². The van der Waals surface area contributed by atoms with Crippen LogP contribution in [0.4, 0.5) is 0 Å². The second kappa shape index (κ2) is 8.66. The normalized spacial score (nSPS) is 12.1. The number of methoxy groups -OCH3 is 1. The van der Waals surface area contributed by atoms with Crippen LogP contribution in [0.25, 0.3) is 0 Å². The van der Waals surface area contributed by atoms with Gasteiger partial charge < -0.3 is 9.47 Å². The summed E-state index contributed by atoms with van der Waals surface area (Å²) in [7, 11) is 1.40. The highest BCUT2D eigenvalue weighted by atomic mass is 16.5. The number of carbonyl (C=O) groups excluding carboxylic acids is 1. The van der Waals surface area contributed by atoms with Gasteiger partial charge in [-0.3, -0.25) is 5.32 Å². The van der Waals surface area contributed by atoms with E-state index in [9.17, 15) is 4.79 Å². The first kappa shape index (κ1) is 14.7. The Hall–Kier alpha value is -1.39. The van der Waals surface area contributed by atoms with Crippen LogP contribution in [0.15, 0.2) is 30.3 Å². The van der Waals surface area contributed by atoms with E-state index in [1.165, 1.54) is 7.11 Å². The molecule has 1 unspecified atom stereocenters. The highest BCUT2D eigenvalue weighted by Gasteiger charge is 2.19. The second-order valence-corrected chi connectivity index (χ2v) is 3.93. The summed E-state index contributed by atoms with van der Waals surface area (Å²) in [6, 6.07) is 9.10. The lowest BCUT2D eigenvalue weighted by molar-refractivity contribution is -0.143. The fourth-order valence-corrected chi connectivity index (χ4v) is 1.62. The van der Waals surface area contributed by atoms with Crippen LogP contribution in [0.1, 0.15) is 24.9 Å². The maximum Gasteiger partial charge on any atom is 0.327 e. The zero-order chi connectivity index (χ0) is 13.2. The van der Waals surface area contributed by atoms with Crippen molar-refractivity contribution >= 4 is 5.97 Å². The summed E-state index contributed by atoms with van der Waals surface area (Å²) in [5.41, 5.74) is 0.903. The molecule has 4 heteroatoms. The topological polar surface area (TPSA) is 47.6 Å². The molecular weight excluding hydrogens is 230 g/mol. The van der Waals surface area contributed by atoms with Gasteiger partial charge >= 0.3 is 5.97 Å². The Morgan fingerprint density at radius 2 is 2.00 bits per heavy atom. The van der Waals surface area contributed by atoms with Gasteiger partial charge in [0.15, 0.2) is 0 Å². The van der Waals surface area contributed by atoms with E-state index in [1.54, 1.807) is 0 Å². The van der Waals surface area contributed by atoms with Gasteiger partial charge in [-0.1, -0.05) is 37.3 Å². The third-order valence-corrected chi connectivity index (χ3v) is 2.51. The standard InChI is InChI=1S/C14H21NO3/c1-3-10-18-11-9-15-13(14(16)17-2)12-7-5-4-6-8-12/h4-8,13,15H,3,9-11H2,1-2H3. The van der Waals surface area contributed by atoms with E-state index >= 15 is 0 Å². The molecule has 0 bridgehead atoms. The largest absolute Gasteiger partial charge is 0.468 e. The maximum absolute atomic E-state index is 11.7. The van der Waals surface area contributed by atoms with Crippen molar-refractivity contribution in [3.63, 3.8) is 0 Å². The van der Waals surface area contributed by atoms with E-state index in [2.05, 4.69) is 12.2 Å². The van der Waals surface area contributed by atoms with Gasteiger partial charge in [0.2, 0.25) is 0 Å². The molecule has 18 heavy (non-hydrogen) atoms. The Morgan fingerprint density at radius 1 is 1.28 bits per heavy atom. The van der Waals surface area contributed by atoms with Crippen LogP contribution in [0.5, 0.6) is 0 Å². The number of benzene rings is 1. The zero-order valence-corrected chi connectivity index (χ0v) is 11.0. The molecule has 1 N–H and O–H groups in total. The second-order valence-electron chi connectivity index (χ2n) is 3.93. The number of hydrogen-bond acceptors (Lipinski definition) is 4. The zero-order valence-electron chi connectivity index (χ0n) is 11.0. The van der Waals surface area contributed by atoms with Crippen LogP contribution in [0.2, 0.25) is 0 Å². The molecule has 0 aromatic heterocycles. The first-order valence-corrected chi connectivity index (χ1v) is 6.23. The third-order valence-electron chi connectivity index (χ3n) is 2.51. The molecule has 1 atom stereocenters. The molecular formula is C14H21NO3. The first-order valence-electron chi connectivity index (χ1n) is 6.23. The average molecular weight is 251 g/mol. The molecule has 0 fully saturated rings. The van der Waals surface area contributed by atoms with Gasteiger partial charge in [-0.25, -0.2) is 4.79 Å². The summed E-state index contributed by atoms with van der Waals surface area (Å²) >= 11 is 0. The van der Waals surface area contributed by atoms with Gasteiger partial charge in [0.25, 0.3) is 0 Å². The molecule has 0 saturated carbocycles. The average Bonchev–Trinajstić information content (AvgIpc) is 2.43. The van der Waals surface area contributed by atoms with Gasteiger partial charge in [-0.2, -0.15) is 0 Å². The van der Waals surface area contributed by atoms with Crippen LogP contribution >= 0.6 is 0 Å². The van der Waals surface area contributed by atoms with Gasteiger partial charge in [0.1, 0.15) is 6.04 Å². The van der Waals surface area contributed by atoms with Crippen LogP contribution in [-0.2, 0) is 14.3 Å². The minimum atomic E-state index is -0.429. The number of nitrogens with one attached hydrogen (secondary N) is 1. The van der Waals surface area contributed by atoms with E-state index < -0.39 is 6.04 Å². The summed E-state index contributed by atoms with van der Waals surface area (Å²) in [6.45, 7) is 4.02. The lowest BCUT2D eigenvalue weighted by atomic mass is 10.1. The summed E-state index contributed by atoms with van der Waals surface area (Å²) in [5.74, 6) is -0.281. The lowest BCUT2D eigenvalue weighted by Gasteiger charge is -2.16. The third kappa shape index (κ3) is 4.85. The summed E-state index contributed by atoms with van der Waals surface area (Å²) in [5, 5.41) is 3.15. The molecule has 0 amide bonds. The van der Waals surface area contributed by atoms with Gasteiger partial charge in [-0.05, 0) is 12.0 Å². The Bertz CT molecular complexity index is 340. The Labute approximate surface area is 108 Å². The number of hydrogen-bond donors (Lipinski definition) is 1. The summed E-state index contributed by atoms with van der Waals surface area (Å²) < 4.78 is 10.2. The van der Waals surface area contributed by atoms with Crippen molar-refractivity contribution in [2.24, 2.45) is 0 Å². The molecule has 0 aliphatic rings. The monoisotopic (exact) mass is 251 g/mol. The molecule has 4 nitrogen and oxygen atoms in total. The van der Waals surface area contributed by atoms with Gasteiger partial charge in [0, 0.05) is 13.2 Å². The number of carbonyl (C=O) groups is 1.